The predicted molar refractivity (Wildman–Crippen MR) is 92.3 cm³/mol. The van der Waals surface area contributed by atoms with Gasteiger partial charge in [0.25, 0.3) is 6.43 Å². The van der Waals surface area contributed by atoms with Crippen LogP contribution in [-0.2, 0) is 22.6 Å². The molecule has 0 bridgehead atoms. The fourth-order valence-corrected chi connectivity index (χ4v) is 3.26. The van der Waals surface area contributed by atoms with Gasteiger partial charge in [-0.3, -0.25) is 9.59 Å². The first-order valence-electron chi connectivity index (χ1n) is 8.23. The van der Waals surface area contributed by atoms with Crippen LogP contribution in [0.2, 0.25) is 0 Å². The minimum Gasteiger partial charge on any atom is -0.493 e. The van der Waals surface area contributed by atoms with Crippen molar-refractivity contribution in [1.29, 1.82) is 0 Å². The maximum atomic E-state index is 14.0. The number of carbonyl (C=O) groups is 2. The highest BCUT2D eigenvalue weighted by Crippen LogP contribution is 2.48. The SMILES string of the molecule is COc1ccc2c(c1OC)CC(C(=O)OCc1ccccc1)(C(F)F)C2=O. The molecule has 27 heavy (non-hydrogen) atoms. The van der Waals surface area contributed by atoms with Gasteiger partial charge < -0.3 is 14.2 Å². The first kappa shape index (κ1) is 18.8. The van der Waals surface area contributed by atoms with E-state index in [1.807, 2.05) is 0 Å². The minimum absolute atomic E-state index is 0.0182. The number of ether oxygens (including phenoxy) is 3. The van der Waals surface area contributed by atoms with Crippen LogP contribution in [0.3, 0.4) is 0 Å². The number of Topliss-reactive ketones (excluding diaryl/α,β-unsaturated/α-hetero) is 1. The van der Waals surface area contributed by atoms with Crippen molar-refractivity contribution in [3.63, 3.8) is 0 Å². The Morgan fingerprint density at radius 3 is 2.41 bits per heavy atom. The average molecular weight is 376 g/mol. The third-order valence-electron chi connectivity index (χ3n) is 4.70. The fraction of sp³-hybridized carbons (Fsp3) is 0.300. The monoisotopic (exact) mass is 376 g/mol. The number of ketones is 1. The van der Waals surface area contributed by atoms with Gasteiger partial charge in [-0.25, -0.2) is 8.78 Å². The van der Waals surface area contributed by atoms with Gasteiger partial charge in [0.1, 0.15) is 6.61 Å². The highest BCUT2D eigenvalue weighted by atomic mass is 19.3. The van der Waals surface area contributed by atoms with Crippen LogP contribution in [-0.4, -0.2) is 32.4 Å². The van der Waals surface area contributed by atoms with Gasteiger partial charge in [-0.2, -0.15) is 0 Å². The number of carbonyl (C=O) groups excluding carboxylic acids is 2. The molecule has 1 aliphatic carbocycles. The summed E-state index contributed by atoms with van der Waals surface area (Å²) in [5.41, 5.74) is -1.71. The van der Waals surface area contributed by atoms with Gasteiger partial charge in [-0.1, -0.05) is 30.3 Å². The smallest absolute Gasteiger partial charge is 0.326 e. The maximum absolute atomic E-state index is 14.0. The Morgan fingerprint density at radius 1 is 1.11 bits per heavy atom. The van der Waals surface area contributed by atoms with E-state index >= 15 is 0 Å². The summed E-state index contributed by atoms with van der Waals surface area (Å²) in [5.74, 6) is -1.75. The highest BCUT2D eigenvalue weighted by Gasteiger charge is 2.60. The van der Waals surface area contributed by atoms with Crippen molar-refractivity contribution in [1.82, 2.24) is 0 Å². The zero-order chi connectivity index (χ0) is 19.6. The molecule has 5 nitrogen and oxygen atoms in total. The summed E-state index contributed by atoms with van der Waals surface area (Å²) >= 11 is 0. The quantitative estimate of drug-likeness (QED) is 0.571. The van der Waals surface area contributed by atoms with Gasteiger partial charge in [-0.05, 0) is 17.7 Å². The Kier molecular flexibility index (Phi) is 5.12. The van der Waals surface area contributed by atoms with Crippen molar-refractivity contribution < 1.29 is 32.6 Å². The largest absolute Gasteiger partial charge is 0.493 e. The van der Waals surface area contributed by atoms with E-state index in [2.05, 4.69) is 0 Å². The fourth-order valence-electron chi connectivity index (χ4n) is 3.26. The number of rotatable bonds is 6. The van der Waals surface area contributed by atoms with Crippen molar-refractivity contribution >= 4 is 11.8 Å². The predicted octanol–water partition coefficient (Wildman–Crippen LogP) is 3.44. The Morgan fingerprint density at radius 2 is 1.81 bits per heavy atom. The van der Waals surface area contributed by atoms with Crippen molar-refractivity contribution in [3.05, 3.63) is 59.2 Å². The second-order valence-electron chi connectivity index (χ2n) is 6.17. The average Bonchev–Trinajstić information content (AvgIpc) is 3.00. The van der Waals surface area contributed by atoms with Crippen LogP contribution >= 0.6 is 0 Å². The van der Waals surface area contributed by atoms with Gasteiger partial charge in [-0.15, -0.1) is 0 Å². The van der Waals surface area contributed by atoms with E-state index in [9.17, 15) is 18.4 Å². The molecule has 142 valence electrons. The summed E-state index contributed by atoms with van der Waals surface area (Å²) in [6, 6.07) is 11.5. The molecule has 0 aliphatic heterocycles. The van der Waals surface area contributed by atoms with Gasteiger partial charge >= 0.3 is 5.97 Å². The normalized spacial score (nSPS) is 18.3. The lowest BCUT2D eigenvalue weighted by Crippen LogP contribution is -2.45. The molecule has 0 heterocycles. The van der Waals surface area contributed by atoms with Crippen LogP contribution in [0.5, 0.6) is 11.5 Å². The topological polar surface area (TPSA) is 61.8 Å². The Bertz CT molecular complexity index is 866. The lowest BCUT2D eigenvalue weighted by atomic mass is 9.84. The zero-order valence-electron chi connectivity index (χ0n) is 14.8. The molecule has 1 aliphatic rings. The van der Waals surface area contributed by atoms with Gasteiger partial charge in [0.15, 0.2) is 22.7 Å². The number of benzene rings is 2. The van der Waals surface area contributed by atoms with Crippen molar-refractivity contribution in [2.45, 2.75) is 19.5 Å². The summed E-state index contributed by atoms with van der Waals surface area (Å²) in [6.07, 6.45) is -3.73. The van der Waals surface area contributed by atoms with E-state index < -0.39 is 30.0 Å². The van der Waals surface area contributed by atoms with Crippen LogP contribution in [0.25, 0.3) is 0 Å². The van der Waals surface area contributed by atoms with E-state index in [0.717, 1.165) is 0 Å². The standard InChI is InChI=1S/C20H18F2O5/c1-25-15-9-8-13-14(16(15)26-2)10-20(17(13)23,18(21)22)19(24)27-11-12-6-4-3-5-7-12/h3-9,18H,10-11H2,1-2H3. The summed E-state index contributed by atoms with van der Waals surface area (Å²) in [7, 11) is 2.74. The van der Waals surface area contributed by atoms with Gasteiger partial charge in [0.05, 0.1) is 14.2 Å². The molecule has 0 aromatic heterocycles. The van der Waals surface area contributed by atoms with E-state index in [1.54, 1.807) is 30.3 Å². The van der Waals surface area contributed by atoms with Crippen LogP contribution in [0, 0.1) is 5.41 Å². The second-order valence-corrected chi connectivity index (χ2v) is 6.17. The van der Waals surface area contributed by atoms with Crippen molar-refractivity contribution in [3.8, 4) is 11.5 Å². The van der Waals surface area contributed by atoms with E-state index in [-0.39, 0.29) is 23.5 Å². The molecule has 0 radical (unpaired) electrons. The van der Waals surface area contributed by atoms with Crippen LogP contribution in [0.1, 0.15) is 21.5 Å². The molecule has 0 spiro atoms. The number of alkyl halides is 2. The molecule has 0 saturated heterocycles. The molecule has 1 unspecified atom stereocenters. The molecule has 1 atom stereocenters. The van der Waals surface area contributed by atoms with Crippen LogP contribution in [0.15, 0.2) is 42.5 Å². The van der Waals surface area contributed by atoms with Crippen molar-refractivity contribution in [2.75, 3.05) is 14.2 Å². The molecule has 7 heteroatoms. The summed E-state index contributed by atoms with van der Waals surface area (Å²) < 4.78 is 43.5. The molecule has 0 amide bonds. The molecule has 2 aromatic carbocycles. The van der Waals surface area contributed by atoms with E-state index in [0.29, 0.717) is 11.3 Å². The summed E-state index contributed by atoms with van der Waals surface area (Å²) in [5, 5.41) is 0. The van der Waals surface area contributed by atoms with Crippen molar-refractivity contribution in [2.24, 2.45) is 5.41 Å². The molecule has 3 rings (SSSR count). The number of halogens is 2. The minimum atomic E-state index is -3.23. The highest BCUT2D eigenvalue weighted by molar-refractivity contribution is 6.17. The number of hydrogen-bond donors (Lipinski definition) is 0. The molecule has 0 fully saturated rings. The second kappa shape index (κ2) is 7.34. The van der Waals surface area contributed by atoms with E-state index in [4.69, 9.17) is 14.2 Å². The number of esters is 1. The molecular formula is C20H18F2O5. The lowest BCUT2D eigenvalue weighted by Gasteiger charge is -2.24. The van der Waals surface area contributed by atoms with E-state index in [1.165, 1.54) is 26.4 Å². The first-order valence-corrected chi connectivity index (χ1v) is 8.23. The Balaban J connectivity index is 1.95. The third kappa shape index (κ3) is 3.03. The maximum Gasteiger partial charge on any atom is 0.326 e. The Labute approximate surface area is 154 Å². The molecule has 0 N–H and O–H groups in total. The molecular weight excluding hydrogens is 358 g/mol. The number of fused-ring (bicyclic) bond motifs is 1. The number of methoxy groups -OCH3 is 2. The molecule has 2 aromatic rings. The molecule has 0 saturated carbocycles. The first-order chi connectivity index (χ1) is 13.0. The van der Waals surface area contributed by atoms with Gasteiger partial charge in [0, 0.05) is 17.5 Å². The Hall–Kier alpha value is -2.96. The van der Waals surface area contributed by atoms with Gasteiger partial charge in [0.2, 0.25) is 0 Å². The lowest BCUT2D eigenvalue weighted by molar-refractivity contribution is -0.161. The summed E-state index contributed by atoms with van der Waals surface area (Å²) in [4.78, 5) is 25.4. The third-order valence-corrected chi connectivity index (χ3v) is 4.70. The summed E-state index contributed by atoms with van der Waals surface area (Å²) in [6.45, 7) is -0.196. The van der Waals surface area contributed by atoms with Crippen LogP contribution in [0.4, 0.5) is 8.78 Å². The number of hydrogen-bond acceptors (Lipinski definition) is 5. The van der Waals surface area contributed by atoms with Crippen LogP contribution < -0.4 is 9.47 Å². The zero-order valence-corrected chi connectivity index (χ0v) is 14.8.